The summed E-state index contributed by atoms with van der Waals surface area (Å²) in [7, 11) is 0. The molecule has 1 saturated heterocycles. The number of carbonyl (C=O) groups is 1. The van der Waals surface area contributed by atoms with Crippen molar-refractivity contribution in [3.05, 3.63) is 162 Å². The van der Waals surface area contributed by atoms with E-state index in [0.717, 1.165) is 22.3 Å². The van der Waals surface area contributed by atoms with Gasteiger partial charge in [0, 0.05) is 12.4 Å². The van der Waals surface area contributed by atoms with Crippen molar-refractivity contribution in [3.8, 4) is 0 Å². The lowest BCUT2D eigenvalue weighted by Crippen LogP contribution is -2.62. The van der Waals surface area contributed by atoms with Crippen molar-refractivity contribution < 1.29 is 33.2 Å². The van der Waals surface area contributed by atoms with Gasteiger partial charge in [0.2, 0.25) is 6.29 Å². The molecule has 0 spiro atoms. The van der Waals surface area contributed by atoms with Gasteiger partial charge in [-0.2, -0.15) is 0 Å². The minimum absolute atomic E-state index is 0.157. The van der Waals surface area contributed by atoms with E-state index in [-0.39, 0.29) is 19.8 Å². The van der Waals surface area contributed by atoms with Gasteiger partial charge in [0.25, 0.3) is 0 Å². The van der Waals surface area contributed by atoms with Crippen molar-refractivity contribution in [2.75, 3.05) is 6.61 Å². The van der Waals surface area contributed by atoms with E-state index in [1.807, 2.05) is 121 Å². The largest absolute Gasteiger partial charge is 0.421 e. The Morgan fingerprint density at radius 3 is 1.57 bits per heavy atom. The molecule has 0 amide bonds. The van der Waals surface area contributed by atoms with Gasteiger partial charge in [0.05, 0.1) is 33.0 Å². The highest BCUT2D eigenvalue weighted by atomic mass is 16.7. The van der Waals surface area contributed by atoms with E-state index in [1.54, 1.807) is 0 Å². The maximum absolute atomic E-state index is 13.2. The molecule has 1 aromatic heterocycles. The van der Waals surface area contributed by atoms with Gasteiger partial charge in [-0.1, -0.05) is 121 Å². The molecule has 2 heterocycles. The van der Waals surface area contributed by atoms with E-state index in [0.29, 0.717) is 13.2 Å². The van der Waals surface area contributed by atoms with Crippen molar-refractivity contribution in [3.63, 3.8) is 0 Å². The molecule has 6 rings (SSSR count). The fourth-order valence-corrected chi connectivity index (χ4v) is 5.37. The summed E-state index contributed by atoms with van der Waals surface area (Å²) >= 11 is 0. The molecule has 0 bridgehead atoms. The third-order valence-electron chi connectivity index (χ3n) is 7.77. The highest BCUT2D eigenvalue weighted by Gasteiger charge is 2.50. The molecule has 0 radical (unpaired) electrons. The first-order valence-corrected chi connectivity index (χ1v) is 15.7. The number of hydrogen-bond donors (Lipinski definition) is 0. The number of nitrogens with zero attached hydrogens (tertiary/aromatic N) is 2. The van der Waals surface area contributed by atoms with Crippen molar-refractivity contribution in [1.29, 1.82) is 0 Å². The first kappa shape index (κ1) is 32.3. The molecule has 0 aliphatic carbocycles. The number of benzene rings is 4. The molecule has 0 saturated carbocycles. The first-order chi connectivity index (χ1) is 23.2. The van der Waals surface area contributed by atoms with Crippen molar-refractivity contribution in [2.45, 2.75) is 57.1 Å². The summed E-state index contributed by atoms with van der Waals surface area (Å²) in [6.45, 7) is 1.35. The third kappa shape index (κ3) is 9.22. The monoisotopic (exact) mass is 634 g/mol. The highest BCUT2D eigenvalue weighted by Crippen LogP contribution is 2.32. The first-order valence-electron chi connectivity index (χ1n) is 15.7. The van der Waals surface area contributed by atoms with E-state index in [2.05, 4.69) is 4.98 Å². The van der Waals surface area contributed by atoms with Crippen molar-refractivity contribution in [1.82, 2.24) is 9.55 Å². The van der Waals surface area contributed by atoms with E-state index >= 15 is 0 Å². The van der Waals surface area contributed by atoms with E-state index in [9.17, 15) is 4.79 Å². The number of rotatable bonds is 14. The van der Waals surface area contributed by atoms with Gasteiger partial charge in [-0.05, 0) is 22.3 Å². The van der Waals surface area contributed by atoms with Gasteiger partial charge in [-0.3, -0.25) is 0 Å². The summed E-state index contributed by atoms with van der Waals surface area (Å²) < 4.78 is 39.8. The standard InChI is InChI=1S/C38H38N2O7/c41-38(40-22-21-39-28-40)47-37-36(45-26-32-19-11-4-12-20-32)35(44-25-31-17-9-3-10-18-31)34(43-24-30-15-7-2-8-16-30)33(46-37)27-42-23-29-13-5-1-6-14-29/h1-22,28,33-37H,23-27H2/t33-,34+,35+,36-,37+/m1/s1. The van der Waals surface area contributed by atoms with Crippen molar-refractivity contribution in [2.24, 2.45) is 0 Å². The highest BCUT2D eigenvalue weighted by molar-refractivity contribution is 5.70. The van der Waals surface area contributed by atoms with Crippen LogP contribution in [0.2, 0.25) is 0 Å². The van der Waals surface area contributed by atoms with Crippen LogP contribution < -0.4 is 0 Å². The Labute approximate surface area is 274 Å². The van der Waals surface area contributed by atoms with E-state index in [1.165, 1.54) is 23.3 Å². The molecular weight excluding hydrogens is 596 g/mol. The molecule has 0 unspecified atom stereocenters. The zero-order valence-electron chi connectivity index (χ0n) is 26.0. The zero-order valence-corrected chi connectivity index (χ0v) is 26.0. The quantitative estimate of drug-likeness (QED) is 0.136. The van der Waals surface area contributed by atoms with Gasteiger partial charge in [-0.25, -0.2) is 14.3 Å². The van der Waals surface area contributed by atoms with Gasteiger partial charge in [0.15, 0.2) is 0 Å². The Morgan fingerprint density at radius 2 is 1.09 bits per heavy atom. The topological polar surface area (TPSA) is 90.3 Å². The fourth-order valence-electron chi connectivity index (χ4n) is 5.37. The third-order valence-corrected chi connectivity index (χ3v) is 7.77. The van der Waals surface area contributed by atoms with Crippen LogP contribution >= 0.6 is 0 Å². The Hall–Kier alpha value is -4.64. The molecule has 9 heteroatoms. The molecule has 1 aliphatic heterocycles. The number of carbonyl (C=O) groups excluding carboxylic acids is 1. The van der Waals surface area contributed by atoms with Crippen LogP contribution in [0.4, 0.5) is 4.79 Å². The fraction of sp³-hybridized carbons (Fsp3) is 0.263. The Morgan fingerprint density at radius 1 is 0.617 bits per heavy atom. The average Bonchev–Trinajstić information content (AvgIpc) is 3.67. The summed E-state index contributed by atoms with van der Waals surface area (Å²) in [6.07, 6.45) is -0.266. The second kappa shape index (κ2) is 16.8. The van der Waals surface area contributed by atoms with Crippen LogP contribution in [0.3, 0.4) is 0 Å². The summed E-state index contributed by atoms with van der Waals surface area (Å²) in [5.41, 5.74) is 3.94. The van der Waals surface area contributed by atoms with E-state index in [4.69, 9.17) is 28.4 Å². The average molecular weight is 635 g/mol. The van der Waals surface area contributed by atoms with Gasteiger partial charge >= 0.3 is 6.09 Å². The Balaban J connectivity index is 1.31. The van der Waals surface area contributed by atoms with Crippen LogP contribution in [0.25, 0.3) is 0 Å². The van der Waals surface area contributed by atoms with Crippen LogP contribution in [-0.4, -0.2) is 53.0 Å². The molecule has 1 fully saturated rings. The molecule has 47 heavy (non-hydrogen) atoms. The van der Waals surface area contributed by atoms with Crippen LogP contribution in [0.15, 0.2) is 140 Å². The summed E-state index contributed by atoms with van der Waals surface area (Å²) in [4.78, 5) is 17.2. The Kier molecular flexibility index (Phi) is 11.5. The molecule has 5 atom stereocenters. The lowest BCUT2D eigenvalue weighted by Gasteiger charge is -2.45. The molecule has 9 nitrogen and oxygen atoms in total. The maximum atomic E-state index is 13.2. The predicted molar refractivity (Wildman–Crippen MR) is 174 cm³/mol. The lowest BCUT2D eigenvalue weighted by molar-refractivity contribution is -0.315. The number of ether oxygens (including phenoxy) is 6. The SMILES string of the molecule is O=C(O[C@@H]1O[C@H](COCc2ccccc2)[C@H](OCc2ccccc2)[C@H](OCc2ccccc2)[C@H]1OCc1ccccc1)n1ccnc1. The minimum atomic E-state index is -1.14. The number of hydrogen-bond acceptors (Lipinski definition) is 8. The van der Waals surface area contributed by atoms with Gasteiger partial charge in [-0.15, -0.1) is 0 Å². The number of aromatic nitrogens is 2. The normalized spacial score (nSPS) is 20.9. The lowest BCUT2D eigenvalue weighted by atomic mass is 9.97. The van der Waals surface area contributed by atoms with E-state index < -0.39 is 36.8 Å². The van der Waals surface area contributed by atoms with Crippen LogP contribution in [0.1, 0.15) is 22.3 Å². The van der Waals surface area contributed by atoms with Gasteiger partial charge in [0.1, 0.15) is 30.7 Å². The smallest absolute Gasteiger partial charge is 0.416 e. The Bertz CT molecular complexity index is 1610. The maximum Gasteiger partial charge on any atom is 0.421 e. The van der Waals surface area contributed by atoms with Gasteiger partial charge < -0.3 is 28.4 Å². The molecule has 5 aromatic rings. The molecule has 4 aromatic carbocycles. The molecule has 1 aliphatic rings. The summed E-state index contributed by atoms with van der Waals surface area (Å²) in [6, 6.07) is 39.5. The van der Waals surface area contributed by atoms with Crippen LogP contribution in [0, 0.1) is 0 Å². The molecular formula is C38H38N2O7. The molecule has 242 valence electrons. The molecule has 0 N–H and O–H groups in total. The summed E-state index contributed by atoms with van der Waals surface area (Å²) in [5, 5.41) is 0. The van der Waals surface area contributed by atoms with Crippen molar-refractivity contribution >= 4 is 6.09 Å². The van der Waals surface area contributed by atoms with Crippen LogP contribution in [-0.2, 0) is 54.8 Å². The van der Waals surface area contributed by atoms with Crippen LogP contribution in [0.5, 0.6) is 0 Å². The zero-order chi connectivity index (χ0) is 32.1. The number of imidazole rings is 1. The summed E-state index contributed by atoms with van der Waals surface area (Å²) in [5.74, 6) is 0. The second-order valence-corrected chi connectivity index (χ2v) is 11.2. The predicted octanol–water partition coefficient (Wildman–Crippen LogP) is 6.57. The minimum Gasteiger partial charge on any atom is -0.416 e. The second-order valence-electron chi connectivity index (χ2n) is 11.2.